The average molecular weight is 319 g/mol. The highest BCUT2D eigenvalue weighted by molar-refractivity contribution is 9.10. The first-order valence-corrected chi connectivity index (χ1v) is 6.31. The van der Waals surface area contributed by atoms with E-state index in [4.69, 9.17) is 0 Å². The van der Waals surface area contributed by atoms with Crippen LogP contribution in [0.3, 0.4) is 0 Å². The largest absolute Gasteiger partial charge is 0.410 e. The molecule has 0 saturated heterocycles. The smallest absolute Gasteiger partial charge is 0.139 e. The first kappa shape index (κ1) is 13.3. The second kappa shape index (κ2) is 6.15. The monoisotopic (exact) mass is 318 g/mol. The minimum atomic E-state index is 0.209. The molecule has 0 unspecified atom stereocenters. The summed E-state index contributed by atoms with van der Waals surface area (Å²) in [4.78, 5) is 0. The van der Waals surface area contributed by atoms with Crippen LogP contribution in [-0.2, 0) is 0 Å². The van der Waals surface area contributed by atoms with Crippen LogP contribution in [0.15, 0.2) is 69.4 Å². The quantitative estimate of drug-likeness (QED) is 0.516. The molecule has 4 nitrogen and oxygen atoms in total. The number of halogens is 1. The molecule has 2 aromatic rings. The van der Waals surface area contributed by atoms with Crippen LogP contribution < -0.4 is 0 Å². The van der Waals surface area contributed by atoms with Gasteiger partial charge in [0.05, 0.1) is 0 Å². The van der Waals surface area contributed by atoms with Gasteiger partial charge < -0.3 is 10.4 Å². The molecule has 0 aliphatic carbocycles. The van der Waals surface area contributed by atoms with Crippen molar-refractivity contribution in [3.05, 3.63) is 70.2 Å². The van der Waals surface area contributed by atoms with E-state index in [0.29, 0.717) is 11.1 Å². The molecule has 0 spiro atoms. The van der Waals surface area contributed by atoms with Crippen molar-refractivity contribution in [3.8, 4) is 0 Å². The highest BCUT2D eigenvalue weighted by Crippen LogP contribution is 2.14. The Morgan fingerprint density at radius 3 is 1.68 bits per heavy atom. The molecule has 0 bridgehead atoms. The Labute approximate surface area is 118 Å². The molecule has 0 fully saturated rings. The van der Waals surface area contributed by atoms with Gasteiger partial charge in [0.25, 0.3) is 0 Å². The zero-order chi connectivity index (χ0) is 13.7. The Morgan fingerprint density at radius 1 is 0.737 bits per heavy atom. The molecule has 0 radical (unpaired) electrons. The first-order chi connectivity index (χ1) is 9.26. The topological polar surface area (TPSA) is 65.2 Å². The van der Waals surface area contributed by atoms with Crippen LogP contribution in [0.25, 0.3) is 0 Å². The Balaban J connectivity index is 2.45. The number of rotatable bonds is 3. The zero-order valence-corrected chi connectivity index (χ0v) is 11.4. The summed E-state index contributed by atoms with van der Waals surface area (Å²) in [6, 6.07) is 16.2. The van der Waals surface area contributed by atoms with Gasteiger partial charge in [0.2, 0.25) is 0 Å². The fourth-order valence-corrected chi connectivity index (χ4v) is 1.95. The summed E-state index contributed by atoms with van der Waals surface area (Å²) in [6.07, 6.45) is 0. The summed E-state index contributed by atoms with van der Waals surface area (Å²) in [5.41, 5.74) is 1.75. The minimum absolute atomic E-state index is 0.209. The molecule has 2 N–H and O–H groups in total. The molecule has 2 rings (SSSR count). The van der Waals surface area contributed by atoms with Crippen LogP contribution in [0.1, 0.15) is 11.1 Å². The van der Waals surface area contributed by atoms with Gasteiger partial charge in [0.1, 0.15) is 11.4 Å². The Kier molecular flexibility index (Phi) is 4.30. The van der Waals surface area contributed by atoms with E-state index in [0.717, 1.165) is 4.47 Å². The summed E-state index contributed by atoms with van der Waals surface area (Å²) in [7, 11) is 0. The lowest BCUT2D eigenvalue weighted by Crippen LogP contribution is -2.17. The van der Waals surface area contributed by atoms with Gasteiger partial charge in [-0.25, -0.2) is 0 Å². The van der Waals surface area contributed by atoms with Gasteiger partial charge >= 0.3 is 0 Å². The highest BCUT2D eigenvalue weighted by atomic mass is 79.9. The fourth-order valence-electron chi connectivity index (χ4n) is 1.69. The maximum atomic E-state index is 9.20. The third-order valence-electron chi connectivity index (χ3n) is 2.59. The molecular formula is C14H11BrN2O2. The lowest BCUT2D eigenvalue weighted by Gasteiger charge is -2.07. The van der Waals surface area contributed by atoms with Crippen molar-refractivity contribution < 1.29 is 10.4 Å². The van der Waals surface area contributed by atoms with Gasteiger partial charge in [-0.1, -0.05) is 68.7 Å². The maximum Gasteiger partial charge on any atom is 0.139 e. The van der Waals surface area contributed by atoms with Crippen molar-refractivity contribution in [2.45, 2.75) is 0 Å². The summed E-state index contributed by atoms with van der Waals surface area (Å²) in [5, 5.41) is 24.9. The second-order valence-corrected chi connectivity index (χ2v) is 4.69. The summed E-state index contributed by atoms with van der Waals surface area (Å²) in [5.74, 6) is 0. The van der Waals surface area contributed by atoms with Crippen LogP contribution in [0.4, 0.5) is 0 Å². The first-order valence-electron chi connectivity index (χ1n) is 5.52. The number of hydrogen-bond donors (Lipinski definition) is 2. The molecule has 0 aliphatic heterocycles. The van der Waals surface area contributed by atoms with Gasteiger partial charge in [0, 0.05) is 15.6 Å². The third kappa shape index (κ3) is 3.00. The predicted molar refractivity (Wildman–Crippen MR) is 77.2 cm³/mol. The van der Waals surface area contributed by atoms with Crippen molar-refractivity contribution in [2.24, 2.45) is 10.3 Å². The Morgan fingerprint density at radius 2 is 1.21 bits per heavy atom. The third-order valence-corrected chi connectivity index (χ3v) is 3.12. The highest BCUT2D eigenvalue weighted by Gasteiger charge is 2.15. The number of oxime groups is 2. The maximum absolute atomic E-state index is 9.20. The van der Waals surface area contributed by atoms with E-state index in [2.05, 4.69) is 26.2 Å². The SMILES string of the molecule is O/N=C(\C(=N\O)c1ccccc1)c1ccc(Br)cc1. The minimum Gasteiger partial charge on any atom is -0.410 e. The van der Waals surface area contributed by atoms with Crippen LogP contribution in [-0.4, -0.2) is 21.8 Å². The number of nitrogens with zero attached hydrogens (tertiary/aromatic N) is 2. The van der Waals surface area contributed by atoms with Crippen molar-refractivity contribution in [3.63, 3.8) is 0 Å². The number of benzene rings is 2. The van der Waals surface area contributed by atoms with Crippen molar-refractivity contribution in [1.82, 2.24) is 0 Å². The van der Waals surface area contributed by atoms with E-state index in [9.17, 15) is 10.4 Å². The summed E-state index contributed by atoms with van der Waals surface area (Å²) >= 11 is 3.33. The Bertz CT molecular complexity index is 607. The second-order valence-electron chi connectivity index (χ2n) is 3.77. The van der Waals surface area contributed by atoms with E-state index in [1.165, 1.54) is 0 Å². The van der Waals surface area contributed by atoms with E-state index >= 15 is 0 Å². The molecule has 19 heavy (non-hydrogen) atoms. The zero-order valence-electron chi connectivity index (χ0n) is 9.86. The van der Waals surface area contributed by atoms with E-state index in [-0.39, 0.29) is 11.4 Å². The molecule has 0 saturated carbocycles. The molecule has 5 heteroatoms. The van der Waals surface area contributed by atoms with Gasteiger partial charge in [0.15, 0.2) is 0 Å². The molecular weight excluding hydrogens is 308 g/mol. The normalized spacial score (nSPS) is 12.5. The lowest BCUT2D eigenvalue weighted by atomic mass is 10.00. The molecule has 0 heterocycles. The lowest BCUT2D eigenvalue weighted by molar-refractivity contribution is 0.314. The Hall–Kier alpha value is -2.14. The van der Waals surface area contributed by atoms with Crippen LogP contribution >= 0.6 is 15.9 Å². The average Bonchev–Trinajstić information content (AvgIpc) is 2.47. The molecule has 0 aromatic heterocycles. The fraction of sp³-hybridized carbons (Fsp3) is 0. The van der Waals surface area contributed by atoms with Crippen LogP contribution in [0, 0.1) is 0 Å². The van der Waals surface area contributed by atoms with E-state index in [1.807, 2.05) is 30.3 Å². The van der Waals surface area contributed by atoms with E-state index < -0.39 is 0 Å². The van der Waals surface area contributed by atoms with Gasteiger partial charge in [-0.15, -0.1) is 0 Å². The van der Waals surface area contributed by atoms with Gasteiger partial charge in [-0.3, -0.25) is 0 Å². The summed E-state index contributed by atoms with van der Waals surface area (Å²) < 4.78 is 0.913. The van der Waals surface area contributed by atoms with E-state index in [1.54, 1.807) is 24.3 Å². The molecule has 0 amide bonds. The molecule has 0 aliphatic rings. The molecule has 2 aromatic carbocycles. The van der Waals surface area contributed by atoms with Crippen molar-refractivity contribution >= 4 is 27.4 Å². The van der Waals surface area contributed by atoms with Crippen molar-refractivity contribution in [1.29, 1.82) is 0 Å². The van der Waals surface area contributed by atoms with Gasteiger partial charge in [-0.2, -0.15) is 0 Å². The molecule has 0 atom stereocenters. The van der Waals surface area contributed by atoms with Crippen molar-refractivity contribution in [2.75, 3.05) is 0 Å². The summed E-state index contributed by atoms with van der Waals surface area (Å²) in [6.45, 7) is 0. The standard InChI is InChI=1S/C14H11BrN2O2/c15-12-8-6-11(7-9-12)14(17-19)13(16-18)10-4-2-1-3-5-10/h1-9,18-19H/b16-13+,17-14-. The van der Waals surface area contributed by atoms with Gasteiger partial charge in [-0.05, 0) is 12.1 Å². The molecule has 96 valence electrons. The van der Waals surface area contributed by atoms with Crippen LogP contribution in [0.2, 0.25) is 0 Å². The number of hydrogen-bond acceptors (Lipinski definition) is 4. The predicted octanol–water partition coefficient (Wildman–Crippen LogP) is 3.51. The van der Waals surface area contributed by atoms with Crippen LogP contribution in [0.5, 0.6) is 0 Å².